The fourth-order valence-electron chi connectivity index (χ4n) is 1.46. The molecular weight excluding hydrogens is 236 g/mol. The molecule has 0 spiro atoms. The SMILES string of the molecule is CC(C)COc1ncc(CNC2CC2)cc1Cl. The van der Waals surface area contributed by atoms with Crippen molar-refractivity contribution in [3.63, 3.8) is 0 Å². The van der Waals surface area contributed by atoms with E-state index in [4.69, 9.17) is 16.3 Å². The highest BCUT2D eigenvalue weighted by Gasteiger charge is 2.20. The molecule has 0 atom stereocenters. The molecule has 1 aromatic heterocycles. The fraction of sp³-hybridized carbons (Fsp3) is 0.615. The molecule has 0 radical (unpaired) electrons. The number of halogens is 1. The van der Waals surface area contributed by atoms with E-state index in [-0.39, 0.29) is 0 Å². The van der Waals surface area contributed by atoms with Gasteiger partial charge in [-0.15, -0.1) is 0 Å². The normalized spacial score (nSPS) is 15.3. The summed E-state index contributed by atoms with van der Waals surface area (Å²) < 4.78 is 5.53. The Hall–Kier alpha value is -0.800. The summed E-state index contributed by atoms with van der Waals surface area (Å²) >= 11 is 6.13. The van der Waals surface area contributed by atoms with Gasteiger partial charge in [0, 0.05) is 18.8 Å². The third kappa shape index (κ3) is 4.17. The van der Waals surface area contributed by atoms with Gasteiger partial charge in [0.25, 0.3) is 0 Å². The van der Waals surface area contributed by atoms with Crippen molar-refractivity contribution in [2.75, 3.05) is 6.61 Å². The molecule has 17 heavy (non-hydrogen) atoms. The molecule has 0 saturated heterocycles. The lowest BCUT2D eigenvalue weighted by atomic mass is 10.2. The van der Waals surface area contributed by atoms with E-state index in [9.17, 15) is 0 Å². The fourth-order valence-corrected chi connectivity index (χ4v) is 1.71. The van der Waals surface area contributed by atoms with Crippen LogP contribution < -0.4 is 10.1 Å². The maximum Gasteiger partial charge on any atom is 0.232 e. The first-order valence-electron chi connectivity index (χ1n) is 6.15. The van der Waals surface area contributed by atoms with Crippen molar-refractivity contribution >= 4 is 11.6 Å². The van der Waals surface area contributed by atoms with E-state index in [0.717, 1.165) is 12.1 Å². The van der Waals surface area contributed by atoms with Crippen LogP contribution in [0.2, 0.25) is 5.02 Å². The molecule has 2 rings (SSSR count). The standard InChI is InChI=1S/C13H19ClN2O/c1-9(2)8-17-13-12(14)5-10(7-16-13)6-15-11-3-4-11/h5,7,9,11,15H,3-4,6,8H2,1-2H3. The van der Waals surface area contributed by atoms with Crippen LogP contribution in [-0.2, 0) is 6.54 Å². The molecule has 1 heterocycles. The van der Waals surface area contributed by atoms with Crippen LogP contribution in [0.5, 0.6) is 5.88 Å². The van der Waals surface area contributed by atoms with E-state index >= 15 is 0 Å². The molecule has 4 heteroatoms. The van der Waals surface area contributed by atoms with Crippen LogP contribution in [0.25, 0.3) is 0 Å². The van der Waals surface area contributed by atoms with Crippen LogP contribution in [0.3, 0.4) is 0 Å². The number of nitrogens with zero attached hydrogens (tertiary/aromatic N) is 1. The summed E-state index contributed by atoms with van der Waals surface area (Å²) in [7, 11) is 0. The summed E-state index contributed by atoms with van der Waals surface area (Å²) in [5, 5.41) is 4.03. The Morgan fingerprint density at radius 3 is 2.88 bits per heavy atom. The Kier molecular flexibility index (Phi) is 4.24. The van der Waals surface area contributed by atoms with Crippen molar-refractivity contribution in [2.45, 2.75) is 39.3 Å². The highest BCUT2D eigenvalue weighted by atomic mass is 35.5. The van der Waals surface area contributed by atoms with Gasteiger partial charge in [0.05, 0.1) is 6.61 Å². The molecule has 1 fully saturated rings. The van der Waals surface area contributed by atoms with Gasteiger partial charge in [-0.3, -0.25) is 0 Å². The summed E-state index contributed by atoms with van der Waals surface area (Å²) in [4.78, 5) is 4.25. The number of aromatic nitrogens is 1. The highest BCUT2D eigenvalue weighted by molar-refractivity contribution is 6.31. The number of hydrogen-bond acceptors (Lipinski definition) is 3. The van der Waals surface area contributed by atoms with Crippen molar-refractivity contribution in [1.29, 1.82) is 0 Å². The van der Waals surface area contributed by atoms with Crippen LogP contribution in [0.1, 0.15) is 32.3 Å². The first-order valence-corrected chi connectivity index (χ1v) is 6.53. The molecule has 1 N–H and O–H groups in total. The average Bonchev–Trinajstić information content (AvgIpc) is 3.08. The van der Waals surface area contributed by atoms with Crippen molar-refractivity contribution in [3.05, 3.63) is 22.8 Å². The number of ether oxygens (including phenoxy) is 1. The summed E-state index contributed by atoms with van der Waals surface area (Å²) in [6.45, 7) is 5.68. The molecule has 0 unspecified atom stereocenters. The van der Waals surface area contributed by atoms with E-state index in [2.05, 4.69) is 24.1 Å². The predicted molar refractivity (Wildman–Crippen MR) is 69.4 cm³/mol. The van der Waals surface area contributed by atoms with Crippen molar-refractivity contribution < 1.29 is 4.74 Å². The zero-order valence-corrected chi connectivity index (χ0v) is 11.1. The van der Waals surface area contributed by atoms with Crippen molar-refractivity contribution in [2.24, 2.45) is 5.92 Å². The van der Waals surface area contributed by atoms with Gasteiger partial charge in [0.2, 0.25) is 5.88 Å². The lowest BCUT2D eigenvalue weighted by Crippen LogP contribution is -2.15. The second-order valence-electron chi connectivity index (χ2n) is 4.99. The molecule has 0 amide bonds. The largest absolute Gasteiger partial charge is 0.476 e. The predicted octanol–water partition coefficient (Wildman–Crippen LogP) is 3.02. The van der Waals surface area contributed by atoms with E-state index < -0.39 is 0 Å². The topological polar surface area (TPSA) is 34.1 Å². The highest BCUT2D eigenvalue weighted by Crippen LogP contribution is 2.24. The molecule has 94 valence electrons. The zero-order chi connectivity index (χ0) is 12.3. The number of hydrogen-bond donors (Lipinski definition) is 1. The Bertz CT molecular complexity index is 378. The van der Waals surface area contributed by atoms with Gasteiger partial charge in [-0.1, -0.05) is 25.4 Å². The van der Waals surface area contributed by atoms with Gasteiger partial charge < -0.3 is 10.1 Å². The van der Waals surface area contributed by atoms with Crippen LogP contribution in [0.15, 0.2) is 12.3 Å². The first-order chi connectivity index (χ1) is 8.15. The molecule has 1 aliphatic rings. The minimum atomic E-state index is 0.476. The Balaban J connectivity index is 1.90. The molecule has 0 bridgehead atoms. The Morgan fingerprint density at radius 1 is 1.53 bits per heavy atom. The van der Waals surface area contributed by atoms with Gasteiger partial charge in [0.1, 0.15) is 5.02 Å². The van der Waals surface area contributed by atoms with E-state index in [1.54, 1.807) is 0 Å². The van der Waals surface area contributed by atoms with Gasteiger partial charge >= 0.3 is 0 Å². The summed E-state index contributed by atoms with van der Waals surface area (Å²) in [5.41, 5.74) is 1.11. The third-order valence-electron chi connectivity index (χ3n) is 2.59. The van der Waals surface area contributed by atoms with Gasteiger partial charge in [-0.05, 0) is 30.4 Å². The summed E-state index contributed by atoms with van der Waals surface area (Å²) in [6.07, 6.45) is 4.41. The Labute approximate surface area is 108 Å². The van der Waals surface area contributed by atoms with Gasteiger partial charge in [-0.25, -0.2) is 4.98 Å². The monoisotopic (exact) mass is 254 g/mol. The molecule has 3 nitrogen and oxygen atoms in total. The second-order valence-corrected chi connectivity index (χ2v) is 5.40. The zero-order valence-electron chi connectivity index (χ0n) is 10.4. The molecule has 0 aliphatic heterocycles. The lowest BCUT2D eigenvalue weighted by molar-refractivity contribution is 0.261. The quantitative estimate of drug-likeness (QED) is 0.847. The lowest BCUT2D eigenvalue weighted by Gasteiger charge is -2.10. The van der Waals surface area contributed by atoms with Crippen LogP contribution >= 0.6 is 11.6 Å². The minimum absolute atomic E-state index is 0.476. The van der Waals surface area contributed by atoms with E-state index in [1.165, 1.54) is 12.8 Å². The van der Waals surface area contributed by atoms with Crippen molar-refractivity contribution in [1.82, 2.24) is 10.3 Å². The maximum atomic E-state index is 6.13. The van der Waals surface area contributed by atoms with Crippen molar-refractivity contribution in [3.8, 4) is 5.88 Å². The molecule has 1 aromatic rings. The van der Waals surface area contributed by atoms with Crippen LogP contribution in [0.4, 0.5) is 0 Å². The van der Waals surface area contributed by atoms with Gasteiger partial charge in [-0.2, -0.15) is 0 Å². The number of nitrogens with one attached hydrogen (secondary N) is 1. The molecule has 1 aliphatic carbocycles. The molecule has 0 aromatic carbocycles. The smallest absolute Gasteiger partial charge is 0.232 e. The molecular formula is C13H19ClN2O. The second kappa shape index (κ2) is 5.69. The Morgan fingerprint density at radius 2 is 2.29 bits per heavy atom. The number of pyridine rings is 1. The maximum absolute atomic E-state index is 6.13. The third-order valence-corrected chi connectivity index (χ3v) is 2.86. The first kappa shape index (κ1) is 12.7. The molecule has 1 saturated carbocycles. The van der Waals surface area contributed by atoms with E-state index in [0.29, 0.717) is 29.5 Å². The summed E-state index contributed by atoms with van der Waals surface area (Å²) in [6, 6.07) is 2.63. The average molecular weight is 255 g/mol. The number of rotatable bonds is 6. The van der Waals surface area contributed by atoms with E-state index in [1.807, 2.05) is 12.3 Å². The minimum Gasteiger partial charge on any atom is -0.476 e. The summed E-state index contributed by atoms with van der Waals surface area (Å²) in [5.74, 6) is 1.01. The van der Waals surface area contributed by atoms with Crippen LogP contribution in [-0.4, -0.2) is 17.6 Å². The van der Waals surface area contributed by atoms with Gasteiger partial charge in [0.15, 0.2) is 0 Å². The van der Waals surface area contributed by atoms with Crippen LogP contribution in [0, 0.1) is 5.92 Å².